The van der Waals surface area contributed by atoms with Crippen LogP contribution in [0.5, 0.6) is 5.75 Å². The molecule has 0 spiro atoms. The van der Waals surface area contributed by atoms with Crippen LogP contribution in [0.1, 0.15) is 5.56 Å². The predicted octanol–water partition coefficient (Wildman–Crippen LogP) is -0.675. The first-order valence-corrected chi connectivity index (χ1v) is 7.21. The highest BCUT2D eigenvalue weighted by Gasteiger charge is 2.33. The lowest BCUT2D eigenvalue weighted by atomic mass is 10.1. The third kappa shape index (κ3) is 3.12. The van der Waals surface area contributed by atoms with Gasteiger partial charge < -0.3 is 20.6 Å². The molecule has 0 aliphatic carbocycles. The Morgan fingerprint density at radius 2 is 1.88 bits per heavy atom. The number of aromatic hydroxyl groups is 1. The molecule has 1 atom stereocenters. The third-order valence-corrected chi connectivity index (χ3v) is 3.66. The number of nitrogens with two attached hydrogens (primary N) is 1. The molecular formula is C16H13N3O6. The Hall–Kier alpha value is -3.46. The molecule has 25 heavy (non-hydrogen) atoms. The van der Waals surface area contributed by atoms with Crippen molar-refractivity contribution in [3.05, 3.63) is 52.4 Å². The Balaban J connectivity index is 1.78. The van der Waals surface area contributed by atoms with E-state index < -0.39 is 29.5 Å². The van der Waals surface area contributed by atoms with Gasteiger partial charge in [0.25, 0.3) is 17.7 Å². The van der Waals surface area contributed by atoms with Crippen LogP contribution >= 0.6 is 0 Å². The maximum absolute atomic E-state index is 12.1. The van der Waals surface area contributed by atoms with Crippen molar-refractivity contribution in [3.8, 4) is 5.75 Å². The van der Waals surface area contributed by atoms with E-state index in [0.29, 0.717) is 15.8 Å². The minimum Gasteiger partial charge on any atom is -0.508 e. The van der Waals surface area contributed by atoms with Gasteiger partial charge in [-0.1, -0.05) is 0 Å². The van der Waals surface area contributed by atoms with Crippen molar-refractivity contribution in [2.24, 2.45) is 5.73 Å². The molecular weight excluding hydrogens is 330 g/mol. The lowest BCUT2D eigenvalue weighted by molar-refractivity contribution is -0.145. The van der Waals surface area contributed by atoms with Crippen molar-refractivity contribution < 1.29 is 23.9 Å². The SMILES string of the molecule is NC(C(=O)NCc1cc(=O)oc2cc(O)ccc12)N1C(=O)C=CC1=O. The number of nitrogens with one attached hydrogen (secondary N) is 1. The summed E-state index contributed by atoms with van der Waals surface area (Å²) in [6.07, 6.45) is 0.570. The summed E-state index contributed by atoms with van der Waals surface area (Å²) in [6.45, 7) is -0.0803. The number of benzene rings is 1. The zero-order valence-electron chi connectivity index (χ0n) is 12.8. The third-order valence-electron chi connectivity index (χ3n) is 3.66. The van der Waals surface area contributed by atoms with Gasteiger partial charge in [-0.3, -0.25) is 14.4 Å². The summed E-state index contributed by atoms with van der Waals surface area (Å²) in [5.74, 6) is -2.18. The fourth-order valence-electron chi connectivity index (χ4n) is 2.45. The Bertz CT molecular complexity index is 959. The molecule has 4 N–H and O–H groups in total. The summed E-state index contributed by atoms with van der Waals surface area (Å²) >= 11 is 0. The van der Waals surface area contributed by atoms with Gasteiger partial charge in [0.1, 0.15) is 11.3 Å². The number of nitrogens with zero attached hydrogens (tertiary/aromatic N) is 1. The van der Waals surface area contributed by atoms with Crippen molar-refractivity contribution in [3.63, 3.8) is 0 Å². The van der Waals surface area contributed by atoms with E-state index in [0.717, 1.165) is 12.2 Å². The molecule has 9 heteroatoms. The van der Waals surface area contributed by atoms with Crippen LogP contribution in [0.4, 0.5) is 0 Å². The lowest BCUT2D eigenvalue weighted by Crippen LogP contribution is -2.54. The Morgan fingerprint density at radius 3 is 2.56 bits per heavy atom. The molecule has 3 rings (SSSR count). The molecule has 2 aromatic rings. The fourth-order valence-corrected chi connectivity index (χ4v) is 2.45. The largest absolute Gasteiger partial charge is 0.508 e. The summed E-state index contributed by atoms with van der Waals surface area (Å²) in [5, 5.41) is 12.4. The normalized spacial score (nSPS) is 15.0. The zero-order valence-corrected chi connectivity index (χ0v) is 12.8. The maximum Gasteiger partial charge on any atom is 0.336 e. The summed E-state index contributed by atoms with van der Waals surface area (Å²) in [4.78, 5) is 47.4. The van der Waals surface area contributed by atoms with Gasteiger partial charge in [0.2, 0.25) is 0 Å². The Labute approximate surface area is 140 Å². The molecule has 1 aliphatic heterocycles. The molecule has 0 saturated carbocycles. The fraction of sp³-hybridized carbons (Fsp3) is 0.125. The van der Waals surface area contributed by atoms with Crippen LogP contribution in [-0.4, -0.2) is 33.9 Å². The molecule has 1 aliphatic rings. The van der Waals surface area contributed by atoms with E-state index in [2.05, 4.69) is 5.32 Å². The number of amides is 3. The number of phenols is 1. The summed E-state index contributed by atoms with van der Waals surface area (Å²) in [6, 6.07) is 5.42. The number of carbonyl (C=O) groups excluding carboxylic acids is 3. The number of rotatable bonds is 4. The molecule has 1 aromatic carbocycles. The van der Waals surface area contributed by atoms with E-state index in [1.807, 2.05) is 0 Å². The van der Waals surface area contributed by atoms with E-state index in [9.17, 15) is 24.3 Å². The second-order valence-electron chi connectivity index (χ2n) is 5.31. The Morgan fingerprint density at radius 1 is 1.20 bits per heavy atom. The topological polar surface area (TPSA) is 143 Å². The van der Waals surface area contributed by atoms with Crippen LogP contribution in [0.25, 0.3) is 11.0 Å². The first kappa shape index (κ1) is 16.4. The smallest absolute Gasteiger partial charge is 0.336 e. The van der Waals surface area contributed by atoms with Crippen LogP contribution in [0.2, 0.25) is 0 Å². The van der Waals surface area contributed by atoms with E-state index in [1.54, 1.807) is 0 Å². The second kappa shape index (κ2) is 6.21. The van der Waals surface area contributed by atoms with Gasteiger partial charge >= 0.3 is 5.63 Å². The van der Waals surface area contributed by atoms with Crippen molar-refractivity contribution in [1.82, 2.24) is 10.2 Å². The zero-order chi connectivity index (χ0) is 18.1. The van der Waals surface area contributed by atoms with Gasteiger partial charge in [-0.05, 0) is 17.7 Å². The number of imide groups is 1. The van der Waals surface area contributed by atoms with Gasteiger partial charge in [0.05, 0.1) is 0 Å². The first-order valence-electron chi connectivity index (χ1n) is 7.21. The lowest BCUT2D eigenvalue weighted by Gasteiger charge is -2.21. The van der Waals surface area contributed by atoms with E-state index >= 15 is 0 Å². The van der Waals surface area contributed by atoms with E-state index in [4.69, 9.17) is 10.2 Å². The number of carbonyl (C=O) groups is 3. The highest BCUT2D eigenvalue weighted by atomic mass is 16.4. The maximum atomic E-state index is 12.1. The van der Waals surface area contributed by atoms with Crippen molar-refractivity contribution >= 4 is 28.7 Å². The molecule has 0 bridgehead atoms. The van der Waals surface area contributed by atoms with Crippen LogP contribution in [0.3, 0.4) is 0 Å². The molecule has 1 unspecified atom stereocenters. The first-order chi connectivity index (χ1) is 11.9. The standard InChI is InChI=1S/C16H13N3O6/c17-15(19-12(21)3-4-13(19)22)16(24)18-7-8-5-14(23)25-11-6-9(20)1-2-10(8)11/h1-6,15,20H,7,17H2,(H,18,24). The van der Waals surface area contributed by atoms with Crippen molar-refractivity contribution in [2.75, 3.05) is 0 Å². The number of hydrogen-bond donors (Lipinski definition) is 3. The van der Waals surface area contributed by atoms with E-state index in [-0.39, 0.29) is 17.9 Å². The summed E-state index contributed by atoms with van der Waals surface area (Å²) < 4.78 is 4.99. The number of phenolic OH excluding ortho intramolecular Hbond substituents is 1. The van der Waals surface area contributed by atoms with Gasteiger partial charge in [-0.25, -0.2) is 9.69 Å². The molecule has 3 amide bonds. The molecule has 128 valence electrons. The van der Waals surface area contributed by atoms with Crippen LogP contribution < -0.4 is 16.7 Å². The molecule has 1 aromatic heterocycles. The molecule has 2 heterocycles. The predicted molar refractivity (Wildman–Crippen MR) is 85.0 cm³/mol. The summed E-state index contributed by atoms with van der Waals surface area (Å²) in [5.41, 5.74) is 5.59. The minimum absolute atomic E-state index is 0.0718. The molecule has 9 nitrogen and oxygen atoms in total. The van der Waals surface area contributed by atoms with Crippen LogP contribution in [0, 0.1) is 0 Å². The quantitative estimate of drug-likeness (QED) is 0.493. The monoisotopic (exact) mass is 343 g/mol. The van der Waals surface area contributed by atoms with E-state index in [1.165, 1.54) is 24.3 Å². The van der Waals surface area contributed by atoms with Crippen molar-refractivity contribution in [2.45, 2.75) is 12.7 Å². The van der Waals surface area contributed by atoms with Crippen LogP contribution in [-0.2, 0) is 20.9 Å². The van der Waals surface area contributed by atoms with Gasteiger partial charge in [-0.2, -0.15) is 0 Å². The Kier molecular flexibility index (Phi) is 4.07. The van der Waals surface area contributed by atoms with Gasteiger partial charge in [-0.15, -0.1) is 0 Å². The van der Waals surface area contributed by atoms with Gasteiger partial charge in [0.15, 0.2) is 6.17 Å². The highest BCUT2D eigenvalue weighted by Crippen LogP contribution is 2.21. The molecule has 0 saturated heterocycles. The molecule has 0 fully saturated rings. The summed E-state index contributed by atoms with van der Waals surface area (Å²) in [7, 11) is 0. The van der Waals surface area contributed by atoms with Gasteiger partial charge in [0, 0.05) is 36.2 Å². The van der Waals surface area contributed by atoms with Crippen molar-refractivity contribution in [1.29, 1.82) is 0 Å². The average molecular weight is 343 g/mol. The number of hydrogen-bond acceptors (Lipinski definition) is 7. The second-order valence-corrected chi connectivity index (χ2v) is 5.31. The van der Waals surface area contributed by atoms with Crippen LogP contribution in [0.15, 0.2) is 45.6 Å². The molecule has 0 radical (unpaired) electrons. The minimum atomic E-state index is -1.48. The number of fused-ring (bicyclic) bond motifs is 1. The average Bonchev–Trinajstić information content (AvgIpc) is 2.89. The highest BCUT2D eigenvalue weighted by molar-refractivity contribution is 6.15.